The Morgan fingerprint density at radius 2 is 2.26 bits per heavy atom. The van der Waals surface area contributed by atoms with Gasteiger partial charge in [-0.15, -0.1) is 0 Å². The number of nitrogens with one attached hydrogen (secondary N) is 1. The second kappa shape index (κ2) is 5.54. The molecule has 0 bridgehead atoms. The highest BCUT2D eigenvalue weighted by molar-refractivity contribution is 6.31. The van der Waals surface area contributed by atoms with Crippen LogP contribution in [0.2, 0.25) is 5.02 Å². The van der Waals surface area contributed by atoms with Crippen molar-refractivity contribution >= 4 is 23.3 Å². The molecule has 0 amide bonds. The van der Waals surface area contributed by atoms with Gasteiger partial charge in [-0.1, -0.05) is 11.6 Å². The Morgan fingerprint density at radius 3 is 2.74 bits per heavy atom. The van der Waals surface area contributed by atoms with E-state index in [0.29, 0.717) is 5.56 Å². The molecule has 1 aliphatic rings. The van der Waals surface area contributed by atoms with Crippen molar-refractivity contribution in [2.75, 3.05) is 0 Å². The molecule has 102 valence electrons. The number of carbonyl (C=O) groups is 1. The number of nitro benzene ring substituents is 1. The number of carboxylic acid groups (broad SMARTS) is 1. The number of carboxylic acids is 1. The van der Waals surface area contributed by atoms with Crippen molar-refractivity contribution in [1.29, 1.82) is 0 Å². The quantitative estimate of drug-likeness (QED) is 0.617. The fourth-order valence-corrected chi connectivity index (χ4v) is 2.14. The molecule has 1 fully saturated rings. The van der Waals surface area contributed by atoms with Gasteiger partial charge in [-0.25, -0.2) is 0 Å². The Hall–Kier alpha value is -1.66. The van der Waals surface area contributed by atoms with E-state index >= 15 is 0 Å². The molecule has 1 saturated carbocycles. The Bertz CT molecular complexity index is 516. The minimum absolute atomic E-state index is 0.0780. The van der Waals surface area contributed by atoms with E-state index in [9.17, 15) is 14.9 Å². The van der Waals surface area contributed by atoms with Crippen LogP contribution >= 0.6 is 11.6 Å². The molecular weight excluding hydrogens is 272 g/mol. The lowest BCUT2D eigenvalue weighted by Gasteiger charge is -2.14. The third-order valence-corrected chi connectivity index (χ3v) is 3.47. The second-order valence-corrected chi connectivity index (χ2v) is 4.97. The summed E-state index contributed by atoms with van der Waals surface area (Å²) in [5.41, 5.74) is 0.574. The van der Waals surface area contributed by atoms with E-state index in [1.807, 2.05) is 0 Å². The van der Waals surface area contributed by atoms with Crippen molar-refractivity contribution in [3.63, 3.8) is 0 Å². The Labute approximate surface area is 114 Å². The number of halogens is 1. The summed E-state index contributed by atoms with van der Waals surface area (Å²) in [6, 6.07) is 3.59. The van der Waals surface area contributed by atoms with Crippen molar-refractivity contribution < 1.29 is 14.8 Å². The number of nitro groups is 1. The summed E-state index contributed by atoms with van der Waals surface area (Å²) in [4.78, 5) is 21.1. The molecule has 1 unspecified atom stereocenters. The highest BCUT2D eigenvalue weighted by Gasteiger charge is 2.35. The van der Waals surface area contributed by atoms with Crippen LogP contribution in [0.3, 0.4) is 0 Å². The monoisotopic (exact) mass is 284 g/mol. The van der Waals surface area contributed by atoms with E-state index in [4.69, 9.17) is 16.7 Å². The van der Waals surface area contributed by atoms with Gasteiger partial charge in [0.1, 0.15) is 6.04 Å². The fourth-order valence-electron chi connectivity index (χ4n) is 1.90. The SMILES string of the molecule is O=C(O)C(NCc1ccc([N+](=O)[O-])cc1Cl)C1CC1. The summed E-state index contributed by atoms with van der Waals surface area (Å²) < 4.78 is 0. The predicted molar refractivity (Wildman–Crippen MR) is 69.1 cm³/mol. The number of nitrogens with zero attached hydrogens (tertiary/aromatic N) is 1. The van der Waals surface area contributed by atoms with E-state index in [-0.39, 0.29) is 23.2 Å². The van der Waals surface area contributed by atoms with Crippen LogP contribution in [-0.4, -0.2) is 22.0 Å². The molecule has 0 spiro atoms. The van der Waals surface area contributed by atoms with Gasteiger partial charge >= 0.3 is 5.97 Å². The summed E-state index contributed by atoms with van der Waals surface area (Å²) in [6.07, 6.45) is 1.83. The van der Waals surface area contributed by atoms with E-state index in [2.05, 4.69) is 5.32 Å². The standard InChI is InChI=1S/C12H13ClN2O4/c13-10-5-9(15(18)19)4-3-8(10)6-14-11(12(16)17)7-1-2-7/h3-5,7,11,14H,1-2,6H2,(H,16,17). The summed E-state index contributed by atoms with van der Waals surface area (Å²) in [5.74, 6) is -0.699. The Balaban J connectivity index is 2.02. The zero-order chi connectivity index (χ0) is 14.0. The average molecular weight is 285 g/mol. The zero-order valence-corrected chi connectivity index (χ0v) is 10.8. The maximum Gasteiger partial charge on any atom is 0.320 e. The van der Waals surface area contributed by atoms with Gasteiger partial charge in [0, 0.05) is 18.7 Å². The molecule has 1 aliphatic carbocycles. The molecular formula is C12H13ClN2O4. The van der Waals surface area contributed by atoms with Gasteiger partial charge in [0.25, 0.3) is 5.69 Å². The van der Waals surface area contributed by atoms with Gasteiger partial charge in [0.15, 0.2) is 0 Å². The molecule has 0 heterocycles. The average Bonchev–Trinajstić information content (AvgIpc) is 3.15. The van der Waals surface area contributed by atoms with Crippen LogP contribution in [0.1, 0.15) is 18.4 Å². The van der Waals surface area contributed by atoms with Gasteiger partial charge < -0.3 is 10.4 Å². The van der Waals surface area contributed by atoms with Gasteiger partial charge in [-0.3, -0.25) is 14.9 Å². The lowest BCUT2D eigenvalue weighted by atomic mass is 10.1. The van der Waals surface area contributed by atoms with E-state index in [1.165, 1.54) is 12.1 Å². The Morgan fingerprint density at radius 1 is 1.58 bits per heavy atom. The van der Waals surface area contributed by atoms with Gasteiger partial charge in [-0.2, -0.15) is 0 Å². The van der Waals surface area contributed by atoms with Gasteiger partial charge in [-0.05, 0) is 30.4 Å². The lowest BCUT2D eigenvalue weighted by molar-refractivity contribution is -0.384. The van der Waals surface area contributed by atoms with Crippen LogP contribution in [0.5, 0.6) is 0 Å². The molecule has 1 atom stereocenters. The molecule has 2 N–H and O–H groups in total. The third-order valence-electron chi connectivity index (χ3n) is 3.12. The number of non-ortho nitro benzene ring substituents is 1. The highest BCUT2D eigenvalue weighted by Crippen LogP contribution is 2.33. The van der Waals surface area contributed by atoms with Crippen LogP contribution in [-0.2, 0) is 11.3 Å². The maximum absolute atomic E-state index is 11.0. The van der Waals surface area contributed by atoms with E-state index in [1.54, 1.807) is 6.07 Å². The predicted octanol–water partition coefficient (Wildman–Crippen LogP) is 2.20. The molecule has 19 heavy (non-hydrogen) atoms. The first-order chi connectivity index (χ1) is 8.99. The van der Waals surface area contributed by atoms with Crippen LogP contribution < -0.4 is 5.32 Å². The molecule has 1 aromatic carbocycles. The summed E-state index contributed by atoms with van der Waals surface area (Å²) in [6.45, 7) is 0.282. The summed E-state index contributed by atoms with van der Waals surface area (Å²) in [7, 11) is 0. The second-order valence-electron chi connectivity index (χ2n) is 4.57. The maximum atomic E-state index is 11.0. The molecule has 7 heteroatoms. The normalized spacial score (nSPS) is 16.1. The fraction of sp³-hybridized carbons (Fsp3) is 0.417. The van der Waals surface area contributed by atoms with Gasteiger partial charge in [0.2, 0.25) is 0 Å². The first-order valence-electron chi connectivity index (χ1n) is 5.88. The zero-order valence-electron chi connectivity index (χ0n) is 10.0. The van der Waals surface area contributed by atoms with Gasteiger partial charge in [0.05, 0.1) is 9.95 Å². The highest BCUT2D eigenvalue weighted by atomic mass is 35.5. The van der Waals surface area contributed by atoms with Crippen molar-refractivity contribution in [3.8, 4) is 0 Å². The molecule has 6 nitrogen and oxygen atoms in total. The van der Waals surface area contributed by atoms with Crippen molar-refractivity contribution in [2.24, 2.45) is 5.92 Å². The molecule has 2 rings (SSSR count). The summed E-state index contributed by atoms with van der Waals surface area (Å²) >= 11 is 5.94. The smallest absolute Gasteiger partial charge is 0.320 e. The molecule has 0 aromatic heterocycles. The molecule has 0 aliphatic heterocycles. The van der Waals surface area contributed by atoms with Crippen molar-refractivity contribution in [1.82, 2.24) is 5.32 Å². The number of aliphatic carboxylic acids is 1. The van der Waals surface area contributed by atoms with Crippen LogP contribution in [0.15, 0.2) is 18.2 Å². The van der Waals surface area contributed by atoms with Crippen molar-refractivity contribution in [3.05, 3.63) is 38.9 Å². The molecule has 0 radical (unpaired) electrons. The minimum atomic E-state index is -0.875. The van der Waals surface area contributed by atoms with E-state index < -0.39 is 16.9 Å². The lowest BCUT2D eigenvalue weighted by Crippen LogP contribution is -2.38. The van der Waals surface area contributed by atoms with Crippen LogP contribution in [0, 0.1) is 16.0 Å². The van der Waals surface area contributed by atoms with Crippen LogP contribution in [0.25, 0.3) is 0 Å². The topological polar surface area (TPSA) is 92.5 Å². The first-order valence-corrected chi connectivity index (χ1v) is 6.26. The first kappa shape index (κ1) is 13.8. The van der Waals surface area contributed by atoms with E-state index in [0.717, 1.165) is 12.8 Å². The molecule has 0 saturated heterocycles. The number of rotatable bonds is 6. The third kappa shape index (κ3) is 3.42. The largest absolute Gasteiger partial charge is 0.480 e. The number of benzene rings is 1. The van der Waals surface area contributed by atoms with Crippen molar-refractivity contribution in [2.45, 2.75) is 25.4 Å². The minimum Gasteiger partial charge on any atom is -0.480 e. The van der Waals surface area contributed by atoms with Crippen LogP contribution in [0.4, 0.5) is 5.69 Å². The Kier molecular flexibility index (Phi) is 4.01. The number of hydrogen-bond acceptors (Lipinski definition) is 4. The molecule has 1 aromatic rings. The number of hydrogen-bond donors (Lipinski definition) is 2. The summed E-state index contributed by atoms with van der Waals surface area (Å²) in [5, 5.41) is 22.8.